The van der Waals surface area contributed by atoms with Crippen molar-refractivity contribution >= 4 is 39.9 Å². The van der Waals surface area contributed by atoms with Gasteiger partial charge in [-0.3, -0.25) is 13.9 Å². The molecule has 6 nitrogen and oxygen atoms in total. The zero-order valence-corrected chi connectivity index (χ0v) is 17.2. The van der Waals surface area contributed by atoms with Gasteiger partial charge in [-0.05, 0) is 18.2 Å². The highest BCUT2D eigenvalue weighted by molar-refractivity contribution is 7.13. The molecule has 8 heteroatoms. The maximum Gasteiger partial charge on any atom is 0.328 e. The second kappa shape index (κ2) is 8.23. The maximum absolute atomic E-state index is 12.4. The smallest absolute Gasteiger partial charge is 0.328 e. The number of esters is 1. The topological polar surface area (TPSA) is 66.1 Å². The molecule has 0 unspecified atom stereocenters. The maximum atomic E-state index is 12.4. The van der Waals surface area contributed by atoms with E-state index in [9.17, 15) is 9.59 Å². The molecule has 4 aromatic rings. The SMILES string of the molecule is Cn1c(=O)n(CCC(=O)OCc2csc(-c3ccccc3Cl)n2)c2ccccc21. The summed E-state index contributed by atoms with van der Waals surface area (Å²) >= 11 is 7.65. The first kappa shape index (κ1) is 19.4. The minimum Gasteiger partial charge on any atom is -0.459 e. The number of benzene rings is 2. The second-order valence-corrected chi connectivity index (χ2v) is 7.78. The Hall–Kier alpha value is -2.90. The number of hydrogen-bond acceptors (Lipinski definition) is 5. The van der Waals surface area contributed by atoms with Crippen molar-refractivity contribution in [2.75, 3.05) is 0 Å². The number of imidazole rings is 1. The van der Waals surface area contributed by atoms with Crippen LogP contribution in [0.2, 0.25) is 5.02 Å². The molecule has 0 spiro atoms. The first-order valence-electron chi connectivity index (χ1n) is 9.04. The molecular formula is C21H18ClN3O3S. The fourth-order valence-electron chi connectivity index (χ4n) is 3.14. The normalized spacial score (nSPS) is 11.1. The Morgan fingerprint density at radius 2 is 1.86 bits per heavy atom. The molecule has 4 rings (SSSR count). The Labute approximate surface area is 176 Å². The summed E-state index contributed by atoms with van der Waals surface area (Å²) in [5.74, 6) is -0.378. The number of rotatable bonds is 6. The molecule has 0 amide bonds. The fraction of sp³-hybridized carbons (Fsp3) is 0.190. The number of carbonyl (C=O) groups is 1. The van der Waals surface area contributed by atoms with Crippen LogP contribution >= 0.6 is 22.9 Å². The summed E-state index contributed by atoms with van der Waals surface area (Å²) in [7, 11) is 1.72. The van der Waals surface area contributed by atoms with Crippen LogP contribution in [0.4, 0.5) is 0 Å². The van der Waals surface area contributed by atoms with Crippen molar-refractivity contribution in [3.63, 3.8) is 0 Å². The van der Waals surface area contributed by atoms with Gasteiger partial charge in [-0.15, -0.1) is 11.3 Å². The van der Waals surface area contributed by atoms with E-state index in [0.717, 1.165) is 21.6 Å². The summed E-state index contributed by atoms with van der Waals surface area (Å²) in [5, 5.41) is 3.26. The van der Waals surface area contributed by atoms with E-state index in [-0.39, 0.29) is 31.2 Å². The van der Waals surface area contributed by atoms with Crippen LogP contribution in [0.5, 0.6) is 0 Å². The van der Waals surface area contributed by atoms with Crippen LogP contribution in [0.25, 0.3) is 21.6 Å². The number of halogens is 1. The lowest BCUT2D eigenvalue weighted by Gasteiger charge is -2.04. The lowest BCUT2D eigenvalue weighted by molar-refractivity contribution is -0.145. The molecule has 0 fully saturated rings. The number of hydrogen-bond donors (Lipinski definition) is 0. The van der Waals surface area contributed by atoms with Gasteiger partial charge in [0.2, 0.25) is 0 Å². The highest BCUT2D eigenvalue weighted by atomic mass is 35.5. The molecular weight excluding hydrogens is 410 g/mol. The number of para-hydroxylation sites is 2. The second-order valence-electron chi connectivity index (χ2n) is 6.52. The minimum atomic E-state index is -0.378. The Balaban J connectivity index is 1.38. The van der Waals surface area contributed by atoms with Crippen LogP contribution in [0.1, 0.15) is 12.1 Å². The summed E-state index contributed by atoms with van der Waals surface area (Å²) in [4.78, 5) is 29.1. The van der Waals surface area contributed by atoms with E-state index in [0.29, 0.717) is 10.7 Å². The van der Waals surface area contributed by atoms with E-state index in [1.807, 2.05) is 53.9 Å². The summed E-state index contributed by atoms with van der Waals surface area (Å²) < 4.78 is 8.51. The lowest BCUT2D eigenvalue weighted by atomic mass is 10.2. The van der Waals surface area contributed by atoms with Crippen LogP contribution in [-0.2, 0) is 29.7 Å². The van der Waals surface area contributed by atoms with Crippen molar-refractivity contribution in [3.05, 3.63) is 75.1 Å². The Bertz CT molecular complexity index is 1240. The number of carbonyl (C=O) groups excluding carboxylic acids is 1. The van der Waals surface area contributed by atoms with Gasteiger partial charge in [0.15, 0.2) is 0 Å². The van der Waals surface area contributed by atoms with Crippen molar-refractivity contribution in [2.24, 2.45) is 7.05 Å². The van der Waals surface area contributed by atoms with Gasteiger partial charge < -0.3 is 4.74 Å². The first-order chi connectivity index (χ1) is 14.0. The molecule has 148 valence electrons. The number of thiazole rings is 1. The predicted molar refractivity (Wildman–Crippen MR) is 114 cm³/mol. The van der Waals surface area contributed by atoms with Gasteiger partial charge in [0.25, 0.3) is 0 Å². The van der Waals surface area contributed by atoms with Crippen molar-refractivity contribution in [1.29, 1.82) is 0 Å². The van der Waals surface area contributed by atoms with Crippen molar-refractivity contribution in [2.45, 2.75) is 19.6 Å². The predicted octanol–water partition coefficient (Wildman–Crippen LogP) is 4.25. The Kier molecular flexibility index (Phi) is 5.51. The van der Waals surface area contributed by atoms with E-state index >= 15 is 0 Å². The molecule has 0 aliphatic rings. The molecule has 0 aliphatic heterocycles. The van der Waals surface area contributed by atoms with Crippen molar-refractivity contribution in [1.82, 2.24) is 14.1 Å². The Morgan fingerprint density at radius 1 is 1.14 bits per heavy atom. The minimum absolute atomic E-state index is 0.0875. The average Bonchev–Trinajstić information content (AvgIpc) is 3.29. The quantitative estimate of drug-likeness (QED) is 0.431. The van der Waals surface area contributed by atoms with Crippen LogP contribution in [-0.4, -0.2) is 20.1 Å². The zero-order chi connectivity index (χ0) is 20.4. The third-order valence-corrected chi connectivity index (χ3v) is 5.88. The first-order valence-corrected chi connectivity index (χ1v) is 10.3. The number of ether oxygens (including phenoxy) is 1. The third-order valence-electron chi connectivity index (χ3n) is 4.63. The van der Waals surface area contributed by atoms with E-state index in [1.54, 1.807) is 16.2 Å². The van der Waals surface area contributed by atoms with Gasteiger partial charge in [0, 0.05) is 24.5 Å². The lowest BCUT2D eigenvalue weighted by Crippen LogP contribution is -2.23. The summed E-state index contributed by atoms with van der Waals surface area (Å²) in [6, 6.07) is 15.0. The highest BCUT2D eigenvalue weighted by Crippen LogP contribution is 2.30. The summed E-state index contributed by atoms with van der Waals surface area (Å²) in [5.41, 5.74) is 3.01. The van der Waals surface area contributed by atoms with E-state index in [4.69, 9.17) is 16.3 Å². The fourth-order valence-corrected chi connectivity index (χ4v) is 4.27. The molecule has 0 aliphatic carbocycles. The molecule has 0 saturated carbocycles. The van der Waals surface area contributed by atoms with E-state index in [2.05, 4.69) is 4.98 Å². The number of aromatic nitrogens is 3. The van der Waals surface area contributed by atoms with E-state index < -0.39 is 0 Å². The molecule has 0 radical (unpaired) electrons. The molecule has 0 N–H and O–H groups in total. The number of nitrogens with zero attached hydrogens (tertiary/aromatic N) is 3. The molecule has 2 heterocycles. The number of fused-ring (bicyclic) bond motifs is 1. The summed E-state index contributed by atoms with van der Waals surface area (Å²) in [6.45, 7) is 0.352. The van der Waals surface area contributed by atoms with Crippen LogP contribution in [0, 0.1) is 0 Å². The van der Waals surface area contributed by atoms with Gasteiger partial charge in [-0.2, -0.15) is 0 Å². The van der Waals surface area contributed by atoms with Gasteiger partial charge in [-0.25, -0.2) is 9.78 Å². The monoisotopic (exact) mass is 427 g/mol. The van der Waals surface area contributed by atoms with Crippen LogP contribution in [0.15, 0.2) is 58.7 Å². The third kappa shape index (κ3) is 3.97. The largest absolute Gasteiger partial charge is 0.459 e. The standard InChI is InChI=1S/C21H18ClN3O3S/c1-24-17-8-4-5-9-18(17)25(21(24)27)11-10-19(26)28-12-14-13-29-20(23-14)15-6-2-3-7-16(15)22/h2-9,13H,10-12H2,1H3. The van der Waals surface area contributed by atoms with Crippen LogP contribution in [0.3, 0.4) is 0 Å². The zero-order valence-electron chi connectivity index (χ0n) is 15.7. The molecule has 29 heavy (non-hydrogen) atoms. The van der Waals surface area contributed by atoms with Gasteiger partial charge >= 0.3 is 11.7 Å². The van der Waals surface area contributed by atoms with Gasteiger partial charge in [0.1, 0.15) is 11.6 Å². The number of aryl methyl sites for hydroxylation is 2. The van der Waals surface area contributed by atoms with E-state index in [1.165, 1.54) is 11.3 Å². The molecule has 0 bridgehead atoms. The van der Waals surface area contributed by atoms with Gasteiger partial charge in [0.05, 0.1) is 28.2 Å². The van der Waals surface area contributed by atoms with Gasteiger partial charge in [-0.1, -0.05) is 41.9 Å². The summed E-state index contributed by atoms with van der Waals surface area (Å²) in [6.07, 6.45) is 0.107. The highest BCUT2D eigenvalue weighted by Gasteiger charge is 2.13. The molecule has 2 aromatic carbocycles. The molecule has 2 aromatic heterocycles. The Morgan fingerprint density at radius 3 is 2.66 bits per heavy atom. The van der Waals surface area contributed by atoms with Crippen LogP contribution < -0.4 is 5.69 Å². The molecule has 0 saturated heterocycles. The average molecular weight is 428 g/mol. The molecule has 0 atom stereocenters. The van der Waals surface area contributed by atoms with Crippen molar-refractivity contribution in [3.8, 4) is 10.6 Å². The van der Waals surface area contributed by atoms with Crippen molar-refractivity contribution < 1.29 is 9.53 Å².